The Morgan fingerprint density at radius 3 is 2.65 bits per heavy atom. The number of carbonyl (C=O) groups is 1. The van der Waals surface area contributed by atoms with Gasteiger partial charge in [0.05, 0.1) is 4.90 Å². The summed E-state index contributed by atoms with van der Waals surface area (Å²) in [5, 5.41) is 9.14. The summed E-state index contributed by atoms with van der Waals surface area (Å²) in [6.07, 6.45) is 0. The van der Waals surface area contributed by atoms with Gasteiger partial charge in [-0.2, -0.15) is 4.72 Å². The van der Waals surface area contributed by atoms with Crippen molar-refractivity contribution in [1.82, 2.24) is 4.72 Å². The Labute approximate surface area is 113 Å². The molecular weight excluding hydrogens is 286 g/mol. The van der Waals surface area contributed by atoms with Crippen LogP contribution in [0.25, 0.3) is 11.0 Å². The van der Waals surface area contributed by atoms with E-state index in [1.54, 1.807) is 0 Å². The molecule has 0 saturated carbocycles. The highest BCUT2D eigenvalue weighted by molar-refractivity contribution is 7.89. The molecule has 0 saturated heterocycles. The molecule has 0 bridgehead atoms. The smallest absolute Gasteiger partial charge is 0.336 e. The predicted octanol–water partition coefficient (Wildman–Crippen LogP) is 0.544. The first-order chi connectivity index (χ1) is 9.29. The Morgan fingerprint density at radius 2 is 2.00 bits per heavy atom. The molecule has 8 heteroatoms. The van der Waals surface area contributed by atoms with Crippen LogP contribution in [0.4, 0.5) is 0 Å². The summed E-state index contributed by atoms with van der Waals surface area (Å²) in [5.41, 5.74) is -0.284. The normalized spacial score (nSPS) is 13.2. The fraction of sp³-hybridized carbons (Fsp3) is 0.167. The van der Waals surface area contributed by atoms with Crippen LogP contribution in [0.15, 0.2) is 44.4 Å². The monoisotopic (exact) mass is 297 g/mol. The SMILES string of the molecule is C[C@@H](NS(=O)(=O)c1ccc2oc(=O)ccc2c1)C(=O)O. The van der Waals surface area contributed by atoms with Crippen LogP contribution in [0.5, 0.6) is 0 Å². The van der Waals surface area contributed by atoms with Crippen LogP contribution < -0.4 is 10.3 Å². The second kappa shape index (κ2) is 5.06. The first-order valence-corrected chi connectivity index (χ1v) is 7.07. The van der Waals surface area contributed by atoms with Crippen LogP contribution in [0.3, 0.4) is 0 Å². The molecule has 1 aromatic heterocycles. The van der Waals surface area contributed by atoms with Crippen molar-refractivity contribution >= 4 is 27.0 Å². The van der Waals surface area contributed by atoms with Crippen LogP contribution in [0.1, 0.15) is 6.92 Å². The summed E-state index contributed by atoms with van der Waals surface area (Å²) in [4.78, 5) is 21.6. The van der Waals surface area contributed by atoms with E-state index >= 15 is 0 Å². The molecule has 1 aromatic carbocycles. The maximum atomic E-state index is 12.0. The number of rotatable bonds is 4. The van der Waals surface area contributed by atoms with E-state index in [1.807, 2.05) is 4.72 Å². The lowest BCUT2D eigenvalue weighted by molar-refractivity contribution is -0.138. The molecule has 7 nitrogen and oxygen atoms in total. The van der Waals surface area contributed by atoms with Gasteiger partial charge in [-0.05, 0) is 31.2 Å². The molecule has 0 aliphatic carbocycles. The number of fused-ring (bicyclic) bond motifs is 1. The first kappa shape index (κ1) is 14.2. The fourth-order valence-corrected chi connectivity index (χ4v) is 2.80. The van der Waals surface area contributed by atoms with Gasteiger partial charge in [-0.1, -0.05) is 0 Å². The Morgan fingerprint density at radius 1 is 1.30 bits per heavy atom. The summed E-state index contributed by atoms with van der Waals surface area (Å²) in [6.45, 7) is 1.22. The van der Waals surface area contributed by atoms with Crippen molar-refractivity contribution in [2.75, 3.05) is 0 Å². The zero-order valence-corrected chi connectivity index (χ0v) is 11.2. The molecule has 1 atom stereocenters. The molecule has 106 valence electrons. The minimum absolute atomic E-state index is 0.105. The number of hydrogen-bond acceptors (Lipinski definition) is 5. The Hall–Kier alpha value is -2.19. The lowest BCUT2D eigenvalue weighted by Crippen LogP contribution is -2.38. The van der Waals surface area contributed by atoms with E-state index in [0.29, 0.717) is 5.39 Å². The van der Waals surface area contributed by atoms with Crippen molar-refractivity contribution in [3.8, 4) is 0 Å². The van der Waals surface area contributed by atoms with E-state index in [1.165, 1.54) is 37.3 Å². The Bertz CT molecular complexity index is 823. The highest BCUT2D eigenvalue weighted by Crippen LogP contribution is 2.17. The molecule has 2 rings (SSSR count). The van der Waals surface area contributed by atoms with Gasteiger partial charge >= 0.3 is 11.6 Å². The summed E-state index contributed by atoms with van der Waals surface area (Å²) < 4.78 is 30.9. The highest BCUT2D eigenvalue weighted by atomic mass is 32.2. The molecule has 2 aromatic rings. The number of benzene rings is 1. The average Bonchev–Trinajstić information content (AvgIpc) is 2.37. The molecule has 0 radical (unpaired) electrons. The van der Waals surface area contributed by atoms with Gasteiger partial charge in [-0.25, -0.2) is 13.2 Å². The molecule has 0 amide bonds. The van der Waals surface area contributed by atoms with Crippen LogP contribution >= 0.6 is 0 Å². The Kier molecular flexibility index (Phi) is 3.60. The number of carboxylic acid groups (broad SMARTS) is 1. The van der Waals surface area contributed by atoms with Gasteiger partial charge < -0.3 is 9.52 Å². The van der Waals surface area contributed by atoms with E-state index in [9.17, 15) is 18.0 Å². The minimum atomic E-state index is -3.96. The van der Waals surface area contributed by atoms with Gasteiger partial charge in [-0.3, -0.25) is 4.79 Å². The standard InChI is InChI=1S/C12H11NO6S/c1-7(12(15)16)13-20(17,18)9-3-4-10-8(6-9)2-5-11(14)19-10/h2-7,13H,1H3,(H,15,16)/t7-/m1/s1. The van der Waals surface area contributed by atoms with Gasteiger partial charge in [0, 0.05) is 11.5 Å². The van der Waals surface area contributed by atoms with Gasteiger partial charge in [0.2, 0.25) is 10.0 Å². The van der Waals surface area contributed by atoms with Gasteiger partial charge in [0.15, 0.2) is 0 Å². The molecule has 0 unspecified atom stereocenters. The fourth-order valence-electron chi connectivity index (χ4n) is 1.57. The van der Waals surface area contributed by atoms with Crippen LogP contribution in [0, 0.1) is 0 Å². The topological polar surface area (TPSA) is 114 Å². The van der Waals surface area contributed by atoms with Crippen molar-refractivity contribution < 1.29 is 22.7 Å². The van der Waals surface area contributed by atoms with E-state index < -0.39 is 27.7 Å². The number of sulfonamides is 1. The second-order valence-corrected chi connectivity index (χ2v) is 5.85. The van der Waals surface area contributed by atoms with E-state index in [4.69, 9.17) is 9.52 Å². The summed E-state index contributed by atoms with van der Waals surface area (Å²) in [5.74, 6) is -1.28. The first-order valence-electron chi connectivity index (χ1n) is 5.59. The predicted molar refractivity (Wildman–Crippen MR) is 69.9 cm³/mol. The number of carboxylic acids is 1. The number of nitrogens with one attached hydrogen (secondary N) is 1. The van der Waals surface area contributed by atoms with Crippen molar-refractivity contribution in [1.29, 1.82) is 0 Å². The van der Waals surface area contributed by atoms with Crippen LogP contribution in [-0.4, -0.2) is 25.5 Å². The molecule has 0 spiro atoms. The molecule has 1 heterocycles. The average molecular weight is 297 g/mol. The largest absolute Gasteiger partial charge is 0.480 e. The third-order valence-corrected chi connectivity index (χ3v) is 4.14. The molecule has 2 N–H and O–H groups in total. The number of aliphatic carboxylic acids is 1. The van der Waals surface area contributed by atoms with Crippen molar-refractivity contribution in [3.05, 3.63) is 40.8 Å². The summed E-state index contributed by atoms with van der Waals surface area (Å²) >= 11 is 0. The third kappa shape index (κ3) is 2.86. The number of hydrogen-bond donors (Lipinski definition) is 2. The maximum Gasteiger partial charge on any atom is 0.336 e. The van der Waals surface area contributed by atoms with Crippen LogP contribution in [-0.2, 0) is 14.8 Å². The van der Waals surface area contributed by atoms with E-state index in [-0.39, 0.29) is 10.5 Å². The molecular formula is C12H11NO6S. The lowest BCUT2D eigenvalue weighted by Gasteiger charge is -2.10. The van der Waals surface area contributed by atoms with Crippen molar-refractivity contribution in [3.63, 3.8) is 0 Å². The molecule has 20 heavy (non-hydrogen) atoms. The van der Waals surface area contributed by atoms with Crippen LogP contribution in [0.2, 0.25) is 0 Å². The minimum Gasteiger partial charge on any atom is -0.480 e. The van der Waals surface area contributed by atoms with Gasteiger partial charge in [0.25, 0.3) is 0 Å². The van der Waals surface area contributed by atoms with Crippen molar-refractivity contribution in [2.45, 2.75) is 17.9 Å². The maximum absolute atomic E-state index is 12.0. The summed E-state index contributed by atoms with van der Waals surface area (Å²) in [7, 11) is -3.96. The van der Waals surface area contributed by atoms with Gasteiger partial charge in [-0.15, -0.1) is 0 Å². The molecule has 0 fully saturated rings. The molecule has 0 aliphatic heterocycles. The van der Waals surface area contributed by atoms with Gasteiger partial charge in [0.1, 0.15) is 11.6 Å². The van der Waals surface area contributed by atoms with Crippen molar-refractivity contribution in [2.24, 2.45) is 0 Å². The zero-order chi connectivity index (χ0) is 14.9. The highest BCUT2D eigenvalue weighted by Gasteiger charge is 2.21. The quantitative estimate of drug-likeness (QED) is 0.796. The van der Waals surface area contributed by atoms with E-state index in [2.05, 4.69) is 0 Å². The second-order valence-electron chi connectivity index (χ2n) is 4.14. The summed E-state index contributed by atoms with van der Waals surface area (Å²) in [6, 6.07) is 5.24. The zero-order valence-electron chi connectivity index (χ0n) is 10.4. The Balaban J connectivity index is 2.44. The van der Waals surface area contributed by atoms with E-state index in [0.717, 1.165) is 0 Å². The molecule has 0 aliphatic rings. The third-order valence-electron chi connectivity index (χ3n) is 2.60. The lowest BCUT2D eigenvalue weighted by atomic mass is 10.2.